The van der Waals surface area contributed by atoms with Crippen LogP contribution in [-0.4, -0.2) is 120 Å². The maximum atomic E-state index is 13.1. The van der Waals surface area contributed by atoms with Crippen LogP contribution in [0, 0.1) is 0 Å². The number of hydrogen-bond acceptors (Lipinski definition) is 15. The Morgan fingerprint density at radius 1 is 0.962 bits per heavy atom. The molecule has 3 aliphatic rings. The molecule has 3 aromatic rings. The van der Waals surface area contributed by atoms with Gasteiger partial charge in [-0.25, -0.2) is 4.79 Å². The van der Waals surface area contributed by atoms with Gasteiger partial charge in [0, 0.05) is 18.2 Å². The minimum Gasteiger partial charge on any atom is -0.496 e. The van der Waals surface area contributed by atoms with Gasteiger partial charge < -0.3 is 63.4 Å². The van der Waals surface area contributed by atoms with E-state index in [4.69, 9.17) is 37.9 Å². The van der Waals surface area contributed by atoms with E-state index in [9.17, 15) is 35.1 Å². The molecule has 278 valence electrons. The van der Waals surface area contributed by atoms with Gasteiger partial charge in [0.15, 0.2) is 23.8 Å². The summed E-state index contributed by atoms with van der Waals surface area (Å²) in [5.41, 5.74) is -0.344. The van der Waals surface area contributed by atoms with Crippen LogP contribution in [0.2, 0.25) is 0 Å². The van der Waals surface area contributed by atoms with Gasteiger partial charge in [-0.2, -0.15) is 0 Å². The molecule has 3 aromatic carbocycles. The van der Waals surface area contributed by atoms with Crippen molar-refractivity contribution in [2.45, 2.75) is 61.2 Å². The van der Waals surface area contributed by atoms with Crippen molar-refractivity contribution in [2.75, 3.05) is 34.0 Å². The molecule has 4 unspecified atom stereocenters. The molecule has 0 saturated carbocycles. The number of fused-ring (bicyclic) bond motifs is 1. The highest BCUT2D eigenvalue weighted by Crippen LogP contribution is 2.42. The Bertz CT molecular complexity index is 1730. The van der Waals surface area contributed by atoms with Crippen LogP contribution in [0.1, 0.15) is 34.0 Å². The molecular formula is C37H40O15. The Labute approximate surface area is 298 Å². The molecule has 3 heterocycles. The minimum atomic E-state index is -2.07. The third kappa shape index (κ3) is 7.91. The first-order valence-corrected chi connectivity index (χ1v) is 16.5. The monoisotopic (exact) mass is 724 g/mol. The highest BCUT2D eigenvalue weighted by molar-refractivity contribution is 6.02. The number of methoxy groups -OCH3 is 2. The van der Waals surface area contributed by atoms with E-state index in [0.29, 0.717) is 28.4 Å². The topological polar surface area (TPSA) is 209 Å². The number of benzene rings is 3. The largest absolute Gasteiger partial charge is 0.496 e. The van der Waals surface area contributed by atoms with Crippen molar-refractivity contribution in [2.24, 2.45) is 0 Å². The Kier molecular flexibility index (Phi) is 11.4. The molecule has 52 heavy (non-hydrogen) atoms. The van der Waals surface area contributed by atoms with Gasteiger partial charge in [-0.1, -0.05) is 42.5 Å². The molecule has 0 aromatic heterocycles. The summed E-state index contributed by atoms with van der Waals surface area (Å²) in [7, 11) is 2.95. The second kappa shape index (κ2) is 16.0. The van der Waals surface area contributed by atoms with Gasteiger partial charge in [0.05, 0.1) is 33.9 Å². The summed E-state index contributed by atoms with van der Waals surface area (Å²) < 4.78 is 45.0. The second-order valence-electron chi connectivity index (χ2n) is 12.5. The minimum absolute atomic E-state index is 0.0411. The maximum Gasteiger partial charge on any atom is 0.330 e. The summed E-state index contributed by atoms with van der Waals surface area (Å²) in [5.74, 6) is 0.390. The van der Waals surface area contributed by atoms with Crippen LogP contribution >= 0.6 is 0 Å². The van der Waals surface area contributed by atoms with Crippen LogP contribution < -0.4 is 18.9 Å². The van der Waals surface area contributed by atoms with Crippen LogP contribution in [0.15, 0.2) is 72.8 Å². The highest BCUT2D eigenvalue weighted by Gasteiger charge is 2.54. The van der Waals surface area contributed by atoms with Crippen molar-refractivity contribution in [3.8, 4) is 23.0 Å². The van der Waals surface area contributed by atoms with Crippen LogP contribution in [0.25, 0.3) is 6.08 Å². The zero-order valence-corrected chi connectivity index (χ0v) is 28.3. The summed E-state index contributed by atoms with van der Waals surface area (Å²) >= 11 is 0. The van der Waals surface area contributed by atoms with Crippen molar-refractivity contribution in [3.05, 3.63) is 89.5 Å². The number of carbonyl (C=O) groups excluding carboxylic acids is 2. The van der Waals surface area contributed by atoms with Crippen LogP contribution in [-0.2, 0) is 23.7 Å². The summed E-state index contributed by atoms with van der Waals surface area (Å²) in [6, 6.07) is 18.7. The van der Waals surface area contributed by atoms with Gasteiger partial charge in [0.25, 0.3) is 0 Å². The lowest BCUT2D eigenvalue weighted by molar-refractivity contribution is -0.318. The van der Waals surface area contributed by atoms with Crippen molar-refractivity contribution < 1.29 is 73.0 Å². The first-order valence-electron chi connectivity index (χ1n) is 16.5. The number of ether oxygens (including phenoxy) is 8. The van der Waals surface area contributed by atoms with E-state index in [1.807, 2.05) is 6.07 Å². The molecule has 15 heteroatoms. The average Bonchev–Trinajstić information content (AvgIpc) is 3.44. The number of rotatable bonds is 12. The fourth-order valence-electron chi connectivity index (χ4n) is 6.08. The predicted molar refractivity (Wildman–Crippen MR) is 179 cm³/mol. The van der Waals surface area contributed by atoms with E-state index in [0.717, 1.165) is 5.56 Å². The molecule has 0 amide bonds. The lowest BCUT2D eigenvalue weighted by Gasteiger charge is -2.42. The number of ketones is 1. The zero-order valence-electron chi connectivity index (χ0n) is 28.3. The van der Waals surface area contributed by atoms with Gasteiger partial charge in [0.1, 0.15) is 65.7 Å². The first-order chi connectivity index (χ1) is 25.0. The Balaban J connectivity index is 1.11. The average molecular weight is 725 g/mol. The fraction of sp³-hybridized carbons (Fsp3) is 0.405. The lowest BCUT2D eigenvalue weighted by Crippen LogP contribution is -2.62. The summed E-state index contributed by atoms with van der Waals surface area (Å²) in [6.45, 7) is -1.80. The first kappa shape index (κ1) is 37.2. The number of hydrogen-bond donors (Lipinski definition) is 5. The van der Waals surface area contributed by atoms with Crippen LogP contribution in [0.5, 0.6) is 23.0 Å². The van der Waals surface area contributed by atoms with E-state index in [1.165, 1.54) is 26.4 Å². The smallest absolute Gasteiger partial charge is 0.330 e. The lowest BCUT2D eigenvalue weighted by atomic mass is 9.95. The molecule has 0 spiro atoms. The summed E-state index contributed by atoms with van der Waals surface area (Å²) in [6.07, 6.45) is -8.75. The number of aliphatic hydroxyl groups excluding tert-OH is 4. The predicted octanol–water partition coefficient (Wildman–Crippen LogP) is 1.32. The van der Waals surface area contributed by atoms with Gasteiger partial charge in [-0.3, -0.25) is 4.79 Å². The molecule has 2 fully saturated rings. The molecule has 9 atom stereocenters. The second-order valence-corrected chi connectivity index (χ2v) is 12.5. The Morgan fingerprint density at radius 2 is 1.71 bits per heavy atom. The molecule has 15 nitrogen and oxygen atoms in total. The molecule has 3 aliphatic heterocycles. The quantitative estimate of drug-likeness (QED) is 0.132. The van der Waals surface area contributed by atoms with E-state index in [-0.39, 0.29) is 18.0 Å². The fourth-order valence-corrected chi connectivity index (χ4v) is 6.08. The molecule has 2 saturated heterocycles. The van der Waals surface area contributed by atoms with Gasteiger partial charge >= 0.3 is 5.97 Å². The van der Waals surface area contributed by atoms with Crippen molar-refractivity contribution in [3.63, 3.8) is 0 Å². The van der Waals surface area contributed by atoms with E-state index < -0.39 is 80.6 Å². The third-order valence-corrected chi connectivity index (χ3v) is 9.02. The van der Waals surface area contributed by atoms with Gasteiger partial charge in [-0.05, 0) is 29.3 Å². The Morgan fingerprint density at radius 3 is 2.40 bits per heavy atom. The molecule has 0 aliphatic carbocycles. The standard InChI is InChI=1S/C37H40O15/c1-45-23-14-26(46-2)30-24(39)16-25(50-27(30)15-23)21-9-11-22(12-10-21)49-35-33(32(42)31(41)28(17-38)51-35)52-36-34(43)37(44,19-48-36)18-47-29(40)13-8-20-6-4-3-5-7-20/h3-15,25,28,31-36,38,41-44H,16-19H2,1-2H3/b13-8+/t25?,28?,31-,32+,33?,34-,35-,36+,37?/m1/s1. The number of carbonyl (C=O) groups is 2. The van der Waals surface area contributed by atoms with Crippen molar-refractivity contribution >= 4 is 17.8 Å². The molecule has 5 N–H and O–H groups in total. The zero-order chi connectivity index (χ0) is 37.0. The Hall–Kier alpha value is -4.58. The van der Waals surface area contributed by atoms with Gasteiger partial charge in [-0.15, -0.1) is 0 Å². The number of esters is 1. The molecule has 6 rings (SSSR count). The SMILES string of the molecule is COc1cc(OC)c2c(c1)OC(c1ccc(O[C@@H]3OC(CO)[C@@H](O)[C@H](O)C3O[C@@H]3OCC(O)(COC(=O)/C=C/c4ccccc4)[C@@H]3O)cc1)CC2=O. The van der Waals surface area contributed by atoms with Crippen LogP contribution in [0.3, 0.4) is 0 Å². The maximum absolute atomic E-state index is 13.1. The summed E-state index contributed by atoms with van der Waals surface area (Å²) in [4.78, 5) is 25.4. The number of Topliss-reactive ketones (excluding diaryl/α,β-unsaturated/α-hetero) is 1. The van der Waals surface area contributed by atoms with Crippen LogP contribution in [0.4, 0.5) is 0 Å². The van der Waals surface area contributed by atoms with Crippen molar-refractivity contribution in [1.29, 1.82) is 0 Å². The van der Waals surface area contributed by atoms with E-state index >= 15 is 0 Å². The third-order valence-electron chi connectivity index (χ3n) is 9.02. The summed E-state index contributed by atoms with van der Waals surface area (Å²) in [5, 5.41) is 53.4. The van der Waals surface area contributed by atoms with E-state index in [1.54, 1.807) is 60.7 Å². The molecule has 0 bridgehead atoms. The van der Waals surface area contributed by atoms with E-state index in [2.05, 4.69) is 0 Å². The normalized spacial score (nSPS) is 30.0. The molecular weight excluding hydrogens is 684 g/mol. The van der Waals surface area contributed by atoms with Crippen molar-refractivity contribution in [1.82, 2.24) is 0 Å². The number of aliphatic hydroxyl groups is 5. The molecule has 0 radical (unpaired) electrons. The van der Waals surface area contributed by atoms with Gasteiger partial charge in [0.2, 0.25) is 6.29 Å². The highest BCUT2D eigenvalue weighted by atomic mass is 16.8.